The number of benzene rings is 2. The molecule has 0 atom stereocenters. The van der Waals surface area contributed by atoms with E-state index in [4.69, 9.17) is 19.1 Å². The van der Waals surface area contributed by atoms with Crippen molar-refractivity contribution in [2.75, 3.05) is 13.2 Å². The number of nitrogens with zero attached hydrogens (tertiary/aromatic N) is 2. The summed E-state index contributed by atoms with van der Waals surface area (Å²) in [6, 6.07) is 15.1. The van der Waals surface area contributed by atoms with Gasteiger partial charge in [-0.15, -0.1) is 0 Å². The molecule has 0 saturated heterocycles. The van der Waals surface area contributed by atoms with Crippen molar-refractivity contribution in [2.45, 2.75) is 13.5 Å². The van der Waals surface area contributed by atoms with E-state index in [1.807, 2.05) is 43.3 Å². The first-order chi connectivity index (χ1) is 11.8. The topological polar surface area (TPSA) is 77.6 Å². The van der Waals surface area contributed by atoms with E-state index >= 15 is 0 Å². The van der Waals surface area contributed by atoms with E-state index in [1.165, 1.54) is 0 Å². The van der Waals surface area contributed by atoms with Crippen molar-refractivity contribution in [1.29, 1.82) is 0 Å². The number of hydrogen-bond donors (Lipinski definition) is 1. The molecule has 0 bridgehead atoms. The number of aromatic nitrogens is 2. The molecule has 24 heavy (non-hydrogen) atoms. The van der Waals surface area contributed by atoms with Crippen LogP contribution in [0.15, 0.2) is 53.1 Å². The lowest BCUT2D eigenvalue weighted by atomic mass is 10.1. The first-order valence-electron chi connectivity index (χ1n) is 7.62. The predicted octanol–water partition coefficient (Wildman–Crippen LogP) is 3.00. The minimum atomic E-state index is -0.0566. The number of aliphatic hydroxyl groups is 1. The van der Waals surface area contributed by atoms with Gasteiger partial charge < -0.3 is 19.1 Å². The van der Waals surface area contributed by atoms with Crippen molar-refractivity contribution in [3.8, 4) is 23.0 Å². The summed E-state index contributed by atoms with van der Waals surface area (Å²) in [5.41, 5.74) is 1.97. The summed E-state index contributed by atoms with van der Waals surface area (Å²) >= 11 is 0. The molecule has 124 valence electrons. The molecule has 0 aliphatic carbocycles. The molecule has 0 spiro atoms. The molecule has 2 aromatic carbocycles. The zero-order valence-electron chi connectivity index (χ0n) is 13.3. The highest BCUT2D eigenvalue weighted by Crippen LogP contribution is 2.27. The fraction of sp³-hybridized carbons (Fsp3) is 0.222. The van der Waals surface area contributed by atoms with Crippen LogP contribution in [0.3, 0.4) is 0 Å². The summed E-state index contributed by atoms with van der Waals surface area (Å²) in [4.78, 5) is 4.36. The van der Waals surface area contributed by atoms with Crippen LogP contribution in [0.2, 0.25) is 0 Å². The Bertz CT molecular complexity index is 801. The maximum Gasteiger partial charge on any atom is 0.258 e. The molecule has 6 heteroatoms. The number of para-hydroxylation sites is 2. The Morgan fingerprint density at radius 2 is 1.71 bits per heavy atom. The molecule has 6 nitrogen and oxygen atoms in total. The van der Waals surface area contributed by atoms with Crippen molar-refractivity contribution < 1.29 is 19.1 Å². The lowest BCUT2D eigenvalue weighted by Gasteiger charge is -2.10. The molecule has 0 fully saturated rings. The number of aliphatic hydroxyl groups excluding tert-OH is 1. The molecule has 0 amide bonds. The standard InChI is InChI=1S/C18H18N2O4/c1-13-6-2-3-7-14(13)18-19-17(20-24-18)12-23-16-9-5-4-8-15(16)22-11-10-21/h2-9,21H,10-12H2,1H3. The van der Waals surface area contributed by atoms with Gasteiger partial charge in [0.2, 0.25) is 5.82 Å². The molecule has 0 radical (unpaired) electrons. The number of ether oxygens (including phenoxy) is 2. The molecule has 0 unspecified atom stereocenters. The third-order valence-electron chi connectivity index (χ3n) is 3.40. The normalized spacial score (nSPS) is 10.6. The van der Waals surface area contributed by atoms with Gasteiger partial charge in [0.25, 0.3) is 5.89 Å². The third kappa shape index (κ3) is 3.72. The van der Waals surface area contributed by atoms with Crippen molar-refractivity contribution in [1.82, 2.24) is 10.1 Å². The predicted molar refractivity (Wildman–Crippen MR) is 87.8 cm³/mol. The van der Waals surface area contributed by atoms with Gasteiger partial charge in [-0.2, -0.15) is 4.98 Å². The largest absolute Gasteiger partial charge is 0.487 e. The molecular formula is C18H18N2O4. The highest BCUT2D eigenvalue weighted by Gasteiger charge is 2.12. The minimum absolute atomic E-state index is 0.0566. The van der Waals surface area contributed by atoms with Gasteiger partial charge in [-0.05, 0) is 30.7 Å². The average Bonchev–Trinajstić information content (AvgIpc) is 3.08. The molecule has 1 N–H and O–H groups in total. The van der Waals surface area contributed by atoms with E-state index in [0.717, 1.165) is 11.1 Å². The molecule has 0 saturated carbocycles. The zero-order chi connectivity index (χ0) is 16.8. The van der Waals surface area contributed by atoms with Crippen molar-refractivity contribution in [2.24, 2.45) is 0 Å². The summed E-state index contributed by atoms with van der Waals surface area (Å²) < 4.78 is 16.4. The second-order valence-corrected chi connectivity index (χ2v) is 5.14. The van der Waals surface area contributed by atoms with Gasteiger partial charge in [0.1, 0.15) is 6.61 Å². The van der Waals surface area contributed by atoms with Gasteiger partial charge in [-0.25, -0.2) is 0 Å². The Hall–Kier alpha value is -2.86. The average molecular weight is 326 g/mol. The van der Waals surface area contributed by atoms with E-state index in [9.17, 15) is 0 Å². The summed E-state index contributed by atoms with van der Waals surface area (Å²) in [5.74, 6) is 2.05. The summed E-state index contributed by atoms with van der Waals surface area (Å²) in [6.45, 7) is 2.30. The van der Waals surface area contributed by atoms with Gasteiger partial charge in [0.15, 0.2) is 18.1 Å². The zero-order valence-corrected chi connectivity index (χ0v) is 13.3. The second-order valence-electron chi connectivity index (χ2n) is 5.14. The maximum absolute atomic E-state index is 8.86. The number of hydrogen-bond acceptors (Lipinski definition) is 6. The molecule has 3 rings (SSSR count). The first-order valence-corrected chi connectivity index (χ1v) is 7.62. The smallest absolute Gasteiger partial charge is 0.258 e. The fourth-order valence-electron chi connectivity index (χ4n) is 2.22. The van der Waals surface area contributed by atoms with Crippen LogP contribution >= 0.6 is 0 Å². The van der Waals surface area contributed by atoms with Gasteiger partial charge in [-0.3, -0.25) is 0 Å². The van der Waals surface area contributed by atoms with Gasteiger partial charge >= 0.3 is 0 Å². The van der Waals surface area contributed by atoms with Crippen LogP contribution in [0.1, 0.15) is 11.4 Å². The van der Waals surface area contributed by atoms with Crippen molar-refractivity contribution in [3.63, 3.8) is 0 Å². The fourth-order valence-corrected chi connectivity index (χ4v) is 2.22. The molecule has 0 aliphatic heterocycles. The van der Waals surface area contributed by atoms with E-state index in [-0.39, 0.29) is 19.8 Å². The van der Waals surface area contributed by atoms with Crippen LogP contribution in [0.25, 0.3) is 11.5 Å². The van der Waals surface area contributed by atoms with Crippen molar-refractivity contribution >= 4 is 0 Å². The van der Waals surface area contributed by atoms with Gasteiger partial charge in [0, 0.05) is 5.56 Å². The molecule has 1 heterocycles. The Kier molecular flexibility index (Phi) is 5.08. The van der Waals surface area contributed by atoms with Crippen molar-refractivity contribution in [3.05, 3.63) is 59.9 Å². The summed E-state index contributed by atoms with van der Waals surface area (Å²) in [6.07, 6.45) is 0. The van der Waals surface area contributed by atoms with Crippen LogP contribution in [0.4, 0.5) is 0 Å². The number of rotatable bonds is 7. The summed E-state index contributed by atoms with van der Waals surface area (Å²) in [5, 5.41) is 12.8. The minimum Gasteiger partial charge on any atom is -0.487 e. The van der Waals surface area contributed by atoms with Gasteiger partial charge in [0.05, 0.1) is 6.61 Å². The van der Waals surface area contributed by atoms with Crippen LogP contribution in [0, 0.1) is 6.92 Å². The monoisotopic (exact) mass is 326 g/mol. The molecule has 1 aromatic heterocycles. The Morgan fingerprint density at radius 3 is 2.46 bits per heavy atom. The lowest BCUT2D eigenvalue weighted by molar-refractivity contribution is 0.191. The van der Waals surface area contributed by atoms with Gasteiger partial charge in [-0.1, -0.05) is 35.5 Å². The Morgan fingerprint density at radius 1 is 1.00 bits per heavy atom. The quantitative estimate of drug-likeness (QED) is 0.719. The highest BCUT2D eigenvalue weighted by molar-refractivity contribution is 5.57. The molecular weight excluding hydrogens is 308 g/mol. The highest BCUT2D eigenvalue weighted by atomic mass is 16.5. The number of aryl methyl sites for hydroxylation is 1. The van der Waals surface area contributed by atoms with E-state index in [2.05, 4.69) is 10.1 Å². The lowest BCUT2D eigenvalue weighted by Crippen LogP contribution is -2.04. The maximum atomic E-state index is 8.86. The second kappa shape index (κ2) is 7.61. The van der Waals surface area contributed by atoms with Crippen LogP contribution in [-0.2, 0) is 6.61 Å². The summed E-state index contributed by atoms with van der Waals surface area (Å²) in [7, 11) is 0. The van der Waals surface area contributed by atoms with E-state index < -0.39 is 0 Å². The van der Waals surface area contributed by atoms with Crippen LogP contribution in [0.5, 0.6) is 11.5 Å². The third-order valence-corrected chi connectivity index (χ3v) is 3.40. The van der Waals surface area contributed by atoms with Crippen LogP contribution in [-0.4, -0.2) is 28.5 Å². The Balaban J connectivity index is 1.69. The molecule has 3 aromatic rings. The SMILES string of the molecule is Cc1ccccc1-c1nc(COc2ccccc2OCCO)no1. The van der Waals surface area contributed by atoms with Crippen LogP contribution < -0.4 is 9.47 Å². The first kappa shape index (κ1) is 16.0. The Labute approximate surface area is 139 Å². The van der Waals surface area contributed by atoms with E-state index in [0.29, 0.717) is 23.2 Å². The van der Waals surface area contributed by atoms with E-state index in [1.54, 1.807) is 12.1 Å². The molecule has 0 aliphatic rings.